The van der Waals surface area contributed by atoms with Crippen LogP contribution in [0.4, 0.5) is 18.9 Å². The van der Waals surface area contributed by atoms with Crippen molar-refractivity contribution in [1.29, 1.82) is 0 Å². The minimum absolute atomic E-state index is 0.139. The molecule has 0 unspecified atom stereocenters. The Morgan fingerprint density at radius 3 is 2.10 bits per heavy atom. The summed E-state index contributed by atoms with van der Waals surface area (Å²) in [6.07, 6.45) is -4.43. The van der Waals surface area contributed by atoms with E-state index in [0.717, 1.165) is 24.3 Å². The minimum Gasteiger partial charge on any atom is -0.399 e. The Morgan fingerprint density at radius 2 is 1.60 bits per heavy atom. The fourth-order valence-corrected chi connectivity index (χ4v) is 1.96. The number of nitrogens with two attached hydrogens (primary N) is 1. The molecule has 0 fully saturated rings. The molecular weight excluding hydrogens is 291 g/mol. The van der Waals surface area contributed by atoms with Crippen LogP contribution in [0.25, 0.3) is 0 Å². The lowest BCUT2D eigenvalue weighted by molar-refractivity contribution is -0.137. The summed E-state index contributed by atoms with van der Waals surface area (Å²) in [6.45, 7) is 0. The topological polar surface area (TPSA) is 43.1 Å². The van der Waals surface area contributed by atoms with Gasteiger partial charge in [0, 0.05) is 21.8 Å². The summed E-state index contributed by atoms with van der Waals surface area (Å²) >= 11 is 5.79. The van der Waals surface area contributed by atoms with Crippen LogP contribution in [0.3, 0.4) is 0 Å². The predicted octanol–water partition coefficient (Wildman–Crippen LogP) is 4.17. The second kappa shape index (κ2) is 5.17. The van der Waals surface area contributed by atoms with Crippen molar-refractivity contribution in [1.82, 2.24) is 0 Å². The number of hydrogen-bond acceptors (Lipinski definition) is 2. The SMILES string of the molecule is Nc1cc(Cl)cc(C(=O)c2ccc(C(F)(F)F)cc2)c1. The van der Waals surface area contributed by atoms with E-state index < -0.39 is 17.5 Å². The van der Waals surface area contributed by atoms with Crippen LogP contribution in [0, 0.1) is 0 Å². The summed E-state index contributed by atoms with van der Waals surface area (Å²) in [5.74, 6) is -0.437. The summed E-state index contributed by atoms with van der Waals surface area (Å²) in [7, 11) is 0. The molecule has 0 aliphatic rings. The van der Waals surface area contributed by atoms with Gasteiger partial charge < -0.3 is 5.73 Å². The number of anilines is 1. The van der Waals surface area contributed by atoms with Crippen molar-refractivity contribution in [3.8, 4) is 0 Å². The lowest BCUT2D eigenvalue weighted by Crippen LogP contribution is -2.07. The maximum atomic E-state index is 12.4. The van der Waals surface area contributed by atoms with E-state index in [1.54, 1.807) is 0 Å². The van der Waals surface area contributed by atoms with E-state index in [-0.39, 0.29) is 11.1 Å². The van der Waals surface area contributed by atoms with Crippen LogP contribution < -0.4 is 5.73 Å². The van der Waals surface area contributed by atoms with E-state index in [4.69, 9.17) is 17.3 Å². The third kappa shape index (κ3) is 3.11. The highest BCUT2D eigenvalue weighted by Gasteiger charge is 2.30. The van der Waals surface area contributed by atoms with Gasteiger partial charge in [0.25, 0.3) is 0 Å². The number of hydrogen-bond donors (Lipinski definition) is 1. The minimum atomic E-state index is -4.43. The van der Waals surface area contributed by atoms with Crippen LogP contribution in [0.15, 0.2) is 42.5 Å². The van der Waals surface area contributed by atoms with Crippen molar-refractivity contribution in [3.63, 3.8) is 0 Å². The molecule has 2 nitrogen and oxygen atoms in total. The predicted molar refractivity (Wildman–Crippen MR) is 70.7 cm³/mol. The van der Waals surface area contributed by atoms with Crippen molar-refractivity contribution in [3.05, 3.63) is 64.2 Å². The maximum Gasteiger partial charge on any atom is 0.416 e. The molecular formula is C14H9ClF3NO. The highest BCUT2D eigenvalue weighted by molar-refractivity contribution is 6.31. The summed E-state index contributed by atoms with van der Waals surface area (Å²) in [4.78, 5) is 12.1. The van der Waals surface area contributed by atoms with Crippen LogP contribution in [0.1, 0.15) is 21.5 Å². The fourth-order valence-electron chi connectivity index (χ4n) is 1.72. The first-order chi connectivity index (χ1) is 9.27. The van der Waals surface area contributed by atoms with Crippen LogP contribution in [-0.2, 0) is 6.18 Å². The molecule has 0 saturated heterocycles. The van der Waals surface area contributed by atoms with Gasteiger partial charge in [0.05, 0.1) is 5.56 Å². The molecule has 0 amide bonds. The largest absolute Gasteiger partial charge is 0.416 e. The number of halogens is 4. The van der Waals surface area contributed by atoms with Gasteiger partial charge >= 0.3 is 6.18 Å². The van der Waals surface area contributed by atoms with E-state index in [9.17, 15) is 18.0 Å². The van der Waals surface area contributed by atoms with E-state index in [0.29, 0.717) is 10.7 Å². The Bertz CT molecular complexity index is 630. The van der Waals surface area contributed by atoms with E-state index >= 15 is 0 Å². The lowest BCUT2D eigenvalue weighted by Gasteiger charge is -2.07. The number of rotatable bonds is 2. The summed E-state index contributed by atoms with van der Waals surface area (Å²) in [5.41, 5.74) is 5.45. The van der Waals surface area contributed by atoms with Gasteiger partial charge in [-0.3, -0.25) is 4.79 Å². The quantitative estimate of drug-likeness (QED) is 0.668. The molecule has 0 radical (unpaired) electrons. The van der Waals surface area contributed by atoms with Gasteiger partial charge in [0.15, 0.2) is 5.78 Å². The average molecular weight is 300 g/mol. The number of alkyl halides is 3. The van der Waals surface area contributed by atoms with Crippen LogP contribution in [0.2, 0.25) is 5.02 Å². The number of nitrogen functional groups attached to an aromatic ring is 1. The Morgan fingerprint density at radius 1 is 1.00 bits per heavy atom. The Hall–Kier alpha value is -2.01. The molecule has 2 rings (SSSR count). The first kappa shape index (κ1) is 14.4. The Balaban J connectivity index is 2.34. The van der Waals surface area contributed by atoms with Gasteiger partial charge in [-0.05, 0) is 30.3 Å². The summed E-state index contributed by atoms with van der Waals surface area (Å²) in [6, 6.07) is 8.29. The third-order valence-electron chi connectivity index (χ3n) is 2.66. The van der Waals surface area contributed by atoms with Crippen molar-refractivity contribution >= 4 is 23.1 Å². The summed E-state index contributed by atoms with van der Waals surface area (Å²) < 4.78 is 37.3. The molecule has 6 heteroatoms. The van der Waals surface area contributed by atoms with Crippen molar-refractivity contribution in [2.45, 2.75) is 6.18 Å². The van der Waals surface area contributed by atoms with Crippen molar-refractivity contribution in [2.24, 2.45) is 0 Å². The van der Waals surface area contributed by atoms with Crippen molar-refractivity contribution < 1.29 is 18.0 Å². The molecule has 2 aromatic carbocycles. The second-order valence-corrected chi connectivity index (χ2v) is 4.61. The summed E-state index contributed by atoms with van der Waals surface area (Å²) in [5, 5.41) is 0.292. The average Bonchev–Trinajstić information content (AvgIpc) is 2.36. The van der Waals surface area contributed by atoms with Gasteiger partial charge in [0.1, 0.15) is 0 Å². The number of ketones is 1. The highest BCUT2D eigenvalue weighted by atomic mass is 35.5. The Labute approximate surface area is 118 Å². The molecule has 2 aromatic rings. The monoisotopic (exact) mass is 299 g/mol. The zero-order valence-electron chi connectivity index (χ0n) is 10.0. The maximum absolute atomic E-state index is 12.4. The van der Waals surface area contributed by atoms with Crippen LogP contribution in [-0.4, -0.2) is 5.78 Å². The zero-order valence-corrected chi connectivity index (χ0v) is 10.8. The van der Waals surface area contributed by atoms with Crippen LogP contribution in [0.5, 0.6) is 0 Å². The van der Waals surface area contributed by atoms with Crippen LogP contribution >= 0.6 is 11.6 Å². The molecule has 0 bridgehead atoms. The van der Waals surface area contributed by atoms with E-state index in [1.165, 1.54) is 18.2 Å². The van der Waals surface area contributed by atoms with Gasteiger partial charge in [-0.1, -0.05) is 23.7 Å². The molecule has 2 N–H and O–H groups in total. The van der Waals surface area contributed by atoms with Gasteiger partial charge in [0.2, 0.25) is 0 Å². The molecule has 0 aromatic heterocycles. The van der Waals surface area contributed by atoms with E-state index in [1.807, 2.05) is 0 Å². The third-order valence-corrected chi connectivity index (χ3v) is 2.87. The molecule has 0 atom stereocenters. The zero-order chi connectivity index (χ0) is 14.9. The first-order valence-electron chi connectivity index (χ1n) is 5.55. The second-order valence-electron chi connectivity index (χ2n) is 4.18. The fraction of sp³-hybridized carbons (Fsp3) is 0.0714. The molecule has 0 aliphatic heterocycles. The highest BCUT2D eigenvalue weighted by Crippen LogP contribution is 2.29. The van der Waals surface area contributed by atoms with Gasteiger partial charge in [-0.2, -0.15) is 13.2 Å². The molecule has 0 heterocycles. The molecule has 0 aliphatic carbocycles. The molecule has 0 spiro atoms. The molecule has 104 valence electrons. The molecule has 20 heavy (non-hydrogen) atoms. The van der Waals surface area contributed by atoms with Gasteiger partial charge in [-0.25, -0.2) is 0 Å². The van der Waals surface area contributed by atoms with E-state index in [2.05, 4.69) is 0 Å². The molecule has 0 saturated carbocycles. The Kier molecular flexibility index (Phi) is 3.72. The van der Waals surface area contributed by atoms with Crippen molar-refractivity contribution in [2.75, 3.05) is 5.73 Å². The smallest absolute Gasteiger partial charge is 0.399 e. The normalized spacial score (nSPS) is 11.4. The first-order valence-corrected chi connectivity index (χ1v) is 5.93. The number of benzene rings is 2. The number of carbonyl (C=O) groups is 1. The standard InChI is InChI=1S/C14H9ClF3NO/c15-11-5-9(6-12(19)7-11)13(20)8-1-3-10(4-2-8)14(16,17)18/h1-7H,19H2. The lowest BCUT2D eigenvalue weighted by atomic mass is 10.0. The van der Waals surface area contributed by atoms with Gasteiger partial charge in [-0.15, -0.1) is 0 Å². The number of carbonyl (C=O) groups excluding carboxylic acids is 1.